The maximum atomic E-state index is 6.10. The number of nitrogens with one attached hydrogen (secondary N) is 2. The molecule has 1 aromatic rings. The predicted octanol–water partition coefficient (Wildman–Crippen LogP) is 2.57. The zero-order valence-electron chi connectivity index (χ0n) is 20.2. The van der Waals surface area contributed by atoms with E-state index in [1.807, 2.05) is 18.2 Å². The van der Waals surface area contributed by atoms with E-state index in [2.05, 4.69) is 61.1 Å². The SMILES string of the molecule is CCNC(=NCc1ccccc1OCCN1CCOCC1)NCCN(C(C)C)C(C)C. The van der Waals surface area contributed by atoms with E-state index in [9.17, 15) is 0 Å². The monoisotopic (exact) mass is 433 g/mol. The van der Waals surface area contributed by atoms with E-state index in [-0.39, 0.29) is 0 Å². The summed E-state index contributed by atoms with van der Waals surface area (Å²) in [6.07, 6.45) is 0. The number of para-hydroxylation sites is 1. The molecule has 0 bridgehead atoms. The lowest BCUT2D eigenvalue weighted by Gasteiger charge is -2.30. The largest absolute Gasteiger partial charge is 0.492 e. The minimum Gasteiger partial charge on any atom is -0.492 e. The molecule has 1 saturated heterocycles. The van der Waals surface area contributed by atoms with Gasteiger partial charge in [0, 0.05) is 56.9 Å². The summed E-state index contributed by atoms with van der Waals surface area (Å²) in [5.74, 6) is 1.76. The number of morpholine rings is 1. The van der Waals surface area contributed by atoms with Gasteiger partial charge in [-0.2, -0.15) is 0 Å². The van der Waals surface area contributed by atoms with Gasteiger partial charge in [-0.05, 0) is 40.7 Å². The molecular formula is C24H43N5O2. The number of guanidine groups is 1. The van der Waals surface area contributed by atoms with Crippen molar-refractivity contribution in [3.05, 3.63) is 29.8 Å². The molecule has 1 aromatic carbocycles. The first-order valence-corrected chi connectivity index (χ1v) is 11.8. The second kappa shape index (κ2) is 14.3. The second-order valence-electron chi connectivity index (χ2n) is 8.46. The van der Waals surface area contributed by atoms with Crippen molar-refractivity contribution in [2.24, 2.45) is 4.99 Å². The van der Waals surface area contributed by atoms with Crippen molar-refractivity contribution in [3.8, 4) is 5.75 Å². The van der Waals surface area contributed by atoms with Gasteiger partial charge in [-0.3, -0.25) is 9.80 Å². The molecule has 7 heteroatoms. The Bertz CT molecular complexity index is 637. The van der Waals surface area contributed by atoms with Crippen molar-refractivity contribution in [3.63, 3.8) is 0 Å². The van der Waals surface area contributed by atoms with Crippen LogP contribution in [0, 0.1) is 0 Å². The maximum Gasteiger partial charge on any atom is 0.191 e. The summed E-state index contributed by atoms with van der Waals surface area (Å²) in [4.78, 5) is 9.66. The quantitative estimate of drug-likeness (QED) is 0.390. The average Bonchev–Trinajstić information content (AvgIpc) is 2.76. The molecule has 176 valence electrons. The Hall–Kier alpha value is -1.83. The van der Waals surface area contributed by atoms with Crippen molar-refractivity contribution in [2.45, 2.75) is 53.2 Å². The fourth-order valence-electron chi connectivity index (χ4n) is 3.81. The zero-order valence-corrected chi connectivity index (χ0v) is 20.2. The second-order valence-corrected chi connectivity index (χ2v) is 8.46. The predicted molar refractivity (Wildman–Crippen MR) is 129 cm³/mol. The van der Waals surface area contributed by atoms with E-state index in [0.29, 0.717) is 25.2 Å². The molecule has 0 radical (unpaired) electrons. The summed E-state index contributed by atoms with van der Waals surface area (Å²) >= 11 is 0. The smallest absolute Gasteiger partial charge is 0.191 e. The molecule has 1 aliphatic rings. The first-order chi connectivity index (χ1) is 15.0. The van der Waals surface area contributed by atoms with Gasteiger partial charge in [0.2, 0.25) is 0 Å². The van der Waals surface area contributed by atoms with E-state index in [1.54, 1.807) is 0 Å². The van der Waals surface area contributed by atoms with Crippen LogP contribution in [0.2, 0.25) is 0 Å². The minimum atomic E-state index is 0.530. The Morgan fingerprint density at radius 1 is 1.13 bits per heavy atom. The lowest BCUT2D eigenvalue weighted by molar-refractivity contribution is 0.0322. The third-order valence-electron chi connectivity index (χ3n) is 5.48. The van der Waals surface area contributed by atoms with Crippen LogP contribution in [0.25, 0.3) is 0 Å². The molecule has 0 aliphatic carbocycles. The lowest BCUT2D eigenvalue weighted by atomic mass is 10.2. The number of hydrogen-bond acceptors (Lipinski definition) is 5. The Labute approximate surface area is 189 Å². The molecule has 7 nitrogen and oxygen atoms in total. The number of benzene rings is 1. The van der Waals surface area contributed by atoms with Crippen LogP contribution in [0.4, 0.5) is 0 Å². The van der Waals surface area contributed by atoms with Gasteiger partial charge in [-0.25, -0.2) is 4.99 Å². The molecule has 0 aromatic heterocycles. The van der Waals surface area contributed by atoms with Gasteiger partial charge in [0.05, 0.1) is 19.8 Å². The van der Waals surface area contributed by atoms with Gasteiger partial charge in [-0.15, -0.1) is 0 Å². The van der Waals surface area contributed by atoms with Crippen molar-refractivity contribution in [2.75, 3.05) is 59.1 Å². The van der Waals surface area contributed by atoms with E-state index in [4.69, 9.17) is 14.5 Å². The Balaban J connectivity index is 1.87. The molecule has 1 fully saturated rings. The highest BCUT2D eigenvalue weighted by Gasteiger charge is 2.13. The van der Waals surface area contributed by atoms with E-state index >= 15 is 0 Å². The highest BCUT2D eigenvalue weighted by atomic mass is 16.5. The van der Waals surface area contributed by atoms with Gasteiger partial charge < -0.3 is 20.1 Å². The van der Waals surface area contributed by atoms with Gasteiger partial charge in [0.15, 0.2) is 5.96 Å². The van der Waals surface area contributed by atoms with E-state index in [0.717, 1.165) is 69.8 Å². The molecule has 2 N–H and O–H groups in total. The molecule has 0 saturated carbocycles. The van der Waals surface area contributed by atoms with Crippen LogP contribution in [-0.2, 0) is 11.3 Å². The van der Waals surface area contributed by atoms with Crippen LogP contribution in [0.5, 0.6) is 5.75 Å². The summed E-state index contributed by atoms with van der Waals surface area (Å²) in [5, 5.41) is 6.83. The van der Waals surface area contributed by atoms with Crippen molar-refractivity contribution < 1.29 is 9.47 Å². The van der Waals surface area contributed by atoms with Crippen LogP contribution >= 0.6 is 0 Å². The zero-order chi connectivity index (χ0) is 22.5. The Morgan fingerprint density at radius 2 is 1.84 bits per heavy atom. The third-order valence-corrected chi connectivity index (χ3v) is 5.48. The molecule has 1 aliphatic heterocycles. The Kier molecular flexibility index (Phi) is 11.7. The number of aliphatic imine (C=N–C) groups is 1. The molecule has 0 amide bonds. The van der Waals surface area contributed by atoms with E-state index in [1.165, 1.54) is 0 Å². The molecular weight excluding hydrogens is 390 g/mol. The lowest BCUT2D eigenvalue weighted by Crippen LogP contribution is -2.45. The van der Waals surface area contributed by atoms with Crippen LogP contribution in [0.15, 0.2) is 29.3 Å². The summed E-state index contributed by atoms with van der Waals surface area (Å²) in [6.45, 7) is 19.5. The van der Waals surface area contributed by atoms with Crippen LogP contribution in [0.3, 0.4) is 0 Å². The summed E-state index contributed by atoms with van der Waals surface area (Å²) in [6, 6.07) is 9.26. The molecule has 0 spiro atoms. The fraction of sp³-hybridized carbons (Fsp3) is 0.708. The van der Waals surface area contributed by atoms with Crippen molar-refractivity contribution in [1.82, 2.24) is 20.4 Å². The van der Waals surface area contributed by atoms with Crippen LogP contribution in [-0.4, -0.2) is 86.9 Å². The van der Waals surface area contributed by atoms with Gasteiger partial charge >= 0.3 is 0 Å². The normalized spacial score (nSPS) is 15.7. The molecule has 0 atom stereocenters. The molecule has 2 rings (SSSR count). The molecule has 1 heterocycles. The topological polar surface area (TPSA) is 61.4 Å². The number of nitrogens with zero attached hydrogens (tertiary/aromatic N) is 3. The summed E-state index contributed by atoms with van der Waals surface area (Å²) in [7, 11) is 0. The highest BCUT2D eigenvalue weighted by molar-refractivity contribution is 5.79. The standard InChI is InChI=1S/C24H43N5O2/c1-6-25-24(26-11-12-29(20(2)3)21(4)5)27-19-22-9-7-8-10-23(22)31-18-15-28-13-16-30-17-14-28/h7-10,20-21H,6,11-19H2,1-5H3,(H2,25,26,27). The van der Waals surface area contributed by atoms with Crippen molar-refractivity contribution >= 4 is 5.96 Å². The maximum absolute atomic E-state index is 6.10. The van der Waals surface area contributed by atoms with Gasteiger partial charge in [0.25, 0.3) is 0 Å². The Morgan fingerprint density at radius 3 is 2.52 bits per heavy atom. The minimum absolute atomic E-state index is 0.530. The van der Waals surface area contributed by atoms with Crippen molar-refractivity contribution in [1.29, 1.82) is 0 Å². The number of hydrogen-bond donors (Lipinski definition) is 2. The number of ether oxygens (including phenoxy) is 2. The van der Waals surface area contributed by atoms with Crippen LogP contribution < -0.4 is 15.4 Å². The first kappa shape index (κ1) is 25.4. The molecule has 31 heavy (non-hydrogen) atoms. The fourth-order valence-corrected chi connectivity index (χ4v) is 3.81. The van der Waals surface area contributed by atoms with Gasteiger partial charge in [0.1, 0.15) is 12.4 Å². The van der Waals surface area contributed by atoms with Gasteiger partial charge in [-0.1, -0.05) is 18.2 Å². The average molecular weight is 434 g/mol. The summed E-state index contributed by atoms with van der Waals surface area (Å²) < 4.78 is 11.5. The summed E-state index contributed by atoms with van der Waals surface area (Å²) in [5.41, 5.74) is 1.10. The molecule has 0 unspecified atom stereocenters. The third kappa shape index (κ3) is 9.46. The first-order valence-electron chi connectivity index (χ1n) is 11.8. The number of rotatable bonds is 12. The van der Waals surface area contributed by atoms with E-state index < -0.39 is 0 Å². The van der Waals surface area contributed by atoms with Crippen LogP contribution in [0.1, 0.15) is 40.2 Å². The highest BCUT2D eigenvalue weighted by Crippen LogP contribution is 2.19.